The lowest BCUT2D eigenvalue weighted by Crippen LogP contribution is -2.31. The van der Waals surface area contributed by atoms with Crippen LogP contribution in [0.2, 0.25) is 0 Å². The molecular formula is C15H17NO3. The zero-order chi connectivity index (χ0) is 13.8. The third-order valence-electron chi connectivity index (χ3n) is 3.13. The number of hydrogen-bond donors (Lipinski definition) is 0. The summed E-state index contributed by atoms with van der Waals surface area (Å²) in [4.78, 5) is 25.5. The molecule has 0 radical (unpaired) electrons. The molecule has 4 nitrogen and oxygen atoms in total. The Morgan fingerprint density at radius 3 is 2.47 bits per heavy atom. The molecule has 0 saturated heterocycles. The Hall–Kier alpha value is -2.10. The molecule has 1 amide bonds. The Bertz CT molecular complexity index is 563. The van der Waals surface area contributed by atoms with Gasteiger partial charge in [0.1, 0.15) is 5.58 Å². The molecule has 0 aliphatic carbocycles. The van der Waals surface area contributed by atoms with Gasteiger partial charge in [0.15, 0.2) is 5.76 Å². The third kappa shape index (κ3) is 2.84. The monoisotopic (exact) mass is 259 g/mol. The van der Waals surface area contributed by atoms with Gasteiger partial charge in [0.25, 0.3) is 0 Å². The van der Waals surface area contributed by atoms with Gasteiger partial charge in [-0.05, 0) is 26.0 Å². The van der Waals surface area contributed by atoms with E-state index in [0.29, 0.717) is 18.7 Å². The summed E-state index contributed by atoms with van der Waals surface area (Å²) in [5.74, 6) is -0.176. The van der Waals surface area contributed by atoms with Gasteiger partial charge < -0.3 is 9.32 Å². The molecule has 0 atom stereocenters. The second-order valence-electron chi connectivity index (χ2n) is 4.31. The number of fused-ring (bicyclic) bond motifs is 1. The van der Waals surface area contributed by atoms with Crippen LogP contribution in [0.4, 0.5) is 0 Å². The van der Waals surface area contributed by atoms with Crippen molar-refractivity contribution in [2.24, 2.45) is 0 Å². The lowest BCUT2D eigenvalue weighted by Gasteiger charge is -2.17. The number of amides is 1. The first kappa shape index (κ1) is 13.3. The van der Waals surface area contributed by atoms with Gasteiger partial charge in [0.05, 0.1) is 6.42 Å². The maximum atomic E-state index is 12.0. The highest BCUT2D eigenvalue weighted by Gasteiger charge is 2.19. The van der Waals surface area contributed by atoms with Crippen molar-refractivity contribution in [1.29, 1.82) is 0 Å². The van der Waals surface area contributed by atoms with Gasteiger partial charge in [0.2, 0.25) is 11.7 Å². The summed E-state index contributed by atoms with van der Waals surface area (Å²) in [5.41, 5.74) is 0.668. The number of benzene rings is 1. The minimum Gasteiger partial charge on any atom is -0.453 e. The topological polar surface area (TPSA) is 50.5 Å². The van der Waals surface area contributed by atoms with E-state index in [0.717, 1.165) is 5.39 Å². The Balaban J connectivity index is 2.13. The van der Waals surface area contributed by atoms with Crippen molar-refractivity contribution in [2.45, 2.75) is 20.3 Å². The van der Waals surface area contributed by atoms with Gasteiger partial charge in [-0.25, -0.2) is 0 Å². The Kier molecular flexibility index (Phi) is 4.00. The third-order valence-corrected chi connectivity index (χ3v) is 3.13. The molecule has 0 aliphatic rings. The fraction of sp³-hybridized carbons (Fsp3) is 0.333. The summed E-state index contributed by atoms with van der Waals surface area (Å²) >= 11 is 0. The van der Waals surface area contributed by atoms with E-state index < -0.39 is 0 Å². The first-order valence-corrected chi connectivity index (χ1v) is 6.45. The molecule has 1 heterocycles. The van der Waals surface area contributed by atoms with Gasteiger partial charge in [-0.15, -0.1) is 0 Å². The standard InChI is InChI=1S/C15H17NO3/c1-3-16(4-2)15(18)10-12(17)14-9-11-7-5-6-8-13(11)19-14/h5-9H,3-4,10H2,1-2H3. The Morgan fingerprint density at radius 1 is 1.16 bits per heavy atom. The van der Waals surface area contributed by atoms with Crippen LogP contribution in [0.15, 0.2) is 34.7 Å². The van der Waals surface area contributed by atoms with Crippen molar-refractivity contribution in [3.05, 3.63) is 36.1 Å². The van der Waals surface area contributed by atoms with Crippen LogP contribution in [0, 0.1) is 0 Å². The summed E-state index contributed by atoms with van der Waals surface area (Å²) in [6.07, 6.45) is -0.137. The second-order valence-corrected chi connectivity index (χ2v) is 4.31. The highest BCUT2D eigenvalue weighted by Crippen LogP contribution is 2.20. The SMILES string of the molecule is CCN(CC)C(=O)CC(=O)c1cc2ccccc2o1. The molecule has 100 valence electrons. The normalized spacial score (nSPS) is 10.6. The highest BCUT2D eigenvalue weighted by molar-refractivity contribution is 6.07. The smallest absolute Gasteiger partial charge is 0.230 e. The van der Waals surface area contributed by atoms with Gasteiger partial charge in [0, 0.05) is 18.5 Å². The van der Waals surface area contributed by atoms with E-state index >= 15 is 0 Å². The van der Waals surface area contributed by atoms with Gasteiger partial charge in [-0.3, -0.25) is 9.59 Å². The minimum absolute atomic E-state index is 0.137. The number of carbonyl (C=O) groups is 2. The van der Waals surface area contributed by atoms with E-state index in [2.05, 4.69) is 0 Å². The van der Waals surface area contributed by atoms with Crippen LogP contribution in [0.25, 0.3) is 11.0 Å². The number of Topliss-reactive ketones (excluding diaryl/α,β-unsaturated/α-hetero) is 1. The molecule has 19 heavy (non-hydrogen) atoms. The summed E-state index contributed by atoms with van der Waals surface area (Å²) in [6.45, 7) is 5.02. The molecule has 1 aromatic heterocycles. The van der Waals surface area contributed by atoms with Gasteiger partial charge in [-0.2, -0.15) is 0 Å². The van der Waals surface area contributed by atoms with E-state index in [1.165, 1.54) is 0 Å². The van der Waals surface area contributed by atoms with E-state index in [9.17, 15) is 9.59 Å². The van der Waals surface area contributed by atoms with Crippen molar-refractivity contribution in [1.82, 2.24) is 4.90 Å². The van der Waals surface area contributed by atoms with Crippen LogP contribution in [0.5, 0.6) is 0 Å². The predicted molar refractivity (Wildman–Crippen MR) is 73.1 cm³/mol. The molecule has 0 bridgehead atoms. The number of hydrogen-bond acceptors (Lipinski definition) is 3. The van der Waals surface area contributed by atoms with E-state index in [-0.39, 0.29) is 23.9 Å². The van der Waals surface area contributed by atoms with Gasteiger partial charge >= 0.3 is 0 Å². The highest BCUT2D eigenvalue weighted by atomic mass is 16.3. The Morgan fingerprint density at radius 2 is 1.84 bits per heavy atom. The molecule has 2 aromatic rings. The van der Waals surface area contributed by atoms with Crippen molar-refractivity contribution < 1.29 is 14.0 Å². The fourth-order valence-electron chi connectivity index (χ4n) is 2.03. The molecule has 2 rings (SSSR count). The van der Waals surface area contributed by atoms with Crippen molar-refractivity contribution in [3.63, 3.8) is 0 Å². The van der Waals surface area contributed by atoms with Crippen molar-refractivity contribution >= 4 is 22.7 Å². The molecule has 0 saturated carbocycles. The fourth-order valence-corrected chi connectivity index (χ4v) is 2.03. The molecule has 0 spiro atoms. The Labute approximate surface area is 112 Å². The van der Waals surface area contributed by atoms with Crippen molar-refractivity contribution in [3.8, 4) is 0 Å². The molecule has 0 N–H and O–H groups in total. The van der Waals surface area contributed by atoms with Crippen LogP contribution >= 0.6 is 0 Å². The summed E-state index contributed by atoms with van der Waals surface area (Å²) in [7, 11) is 0. The molecule has 1 aromatic carbocycles. The molecule has 0 unspecified atom stereocenters. The number of para-hydroxylation sites is 1. The molecule has 4 heteroatoms. The molecule has 0 aliphatic heterocycles. The number of carbonyl (C=O) groups excluding carboxylic acids is 2. The summed E-state index contributed by atoms with van der Waals surface area (Å²) in [5, 5.41) is 0.876. The number of nitrogens with zero attached hydrogens (tertiary/aromatic N) is 1. The zero-order valence-electron chi connectivity index (χ0n) is 11.2. The van der Waals surface area contributed by atoms with Crippen LogP contribution < -0.4 is 0 Å². The minimum atomic E-state index is -0.270. The predicted octanol–water partition coefficient (Wildman–Crippen LogP) is 2.87. The zero-order valence-corrected chi connectivity index (χ0v) is 11.2. The summed E-state index contributed by atoms with van der Waals surface area (Å²) < 4.78 is 5.46. The maximum absolute atomic E-state index is 12.0. The van der Waals surface area contributed by atoms with Crippen LogP contribution in [0.1, 0.15) is 30.8 Å². The molecule has 0 fully saturated rings. The van der Waals surface area contributed by atoms with Gasteiger partial charge in [-0.1, -0.05) is 18.2 Å². The number of furan rings is 1. The quantitative estimate of drug-likeness (QED) is 0.613. The lowest BCUT2D eigenvalue weighted by atomic mass is 10.2. The summed E-state index contributed by atoms with van der Waals surface area (Å²) in [6, 6.07) is 9.10. The second kappa shape index (κ2) is 5.69. The lowest BCUT2D eigenvalue weighted by molar-refractivity contribution is -0.129. The van der Waals surface area contributed by atoms with E-state index in [1.807, 2.05) is 32.0 Å². The largest absolute Gasteiger partial charge is 0.453 e. The van der Waals surface area contributed by atoms with Crippen LogP contribution in [-0.2, 0) is 4.79 Å². The average molecular weight is 259 g/mol. The average Bonchev–Trinajstić information content (AvgIpc) is 2.84. The van der Waals surface area contributed by atoms with E-state index in [1.54, 1.807) is 17.0 Å². The first-order valence-electron chi connectivity index (χ1n) is 6.45. The first-order chi connectivity index (χ1) is 9.15. The number of rotatable bonds is 5. The van der Waals surface area contributed by atoms with E-state index in [4.69, 9.17) is 4.42 Å². The van der Waals surface area contributed by atoms with Crippen LogP contribution in [-0.4, -0.2) is 29.7 Å². The number of ketones is 1. The van der Waals surface area contributed by atoms with Crippen molar-refractivity contribution in [2.75, 3.05) is 13.1 Å². The molecular weight excluding hydrogens is 242 g/mol. The van der Waals surface area contributed by atoms with Crippen LogP contribution in [0.3, 0.4) is 0 Å². The maximum Gasteiger partial charge on any atom is 0.230 e.